The predicted molar refractivity (Wildman–Crippen MR) is 145 cm³/mol. The summed E-state index contributed by atoms with van der Waals surface area (Å²) in [5.74, 6) is 1.21. The Bertz CT molecular complexity index is 1470. The Hall–Kier alpha value is -4.21. The Morgan fingerprint density at radius 2 is 1.84 bits per heavy atom. The minimum atomic E-state index is -0.0863. The lowest BCUT2D eigenvalue weighted by atomic mass is 9.96. The monoisotopic (exact) mass is 493 g/mol. The van der Waals surface area contributed by atoms with Gasteiger partial charge in [-0.3, -0.25) is 9.36 Å². The normalized spacial score (nSPS) is 10.8. The van der Waals surface area contributed by atoms with Crippen LogP contribution in [0.1, 0.15) is 48.0 Å². The fourth-order valence-electron chi connectivity index (χ4n) is 4.47. The molecule has 0 fully saturated rings. The molecular formula is C31H31N3O3. The van der Waals surface area contributed by atoms with Gasteiger partial charge in [-0.15, -0.1) is 0 Å². The first-order valence-electron chi connectivity index (χ1n) is 12.6. The molecule has 0 saturated carbocycles. The number of benzene rings is 3. The third kappa shape index (κ3) is 5.96. The predicted octanol–water partition coefficient (Wildman–Crippen LogP) is 5.38. The van der Waals surface area contributed by atoms with Gasteiger partial charge in [0.1, 0.15) is 18.2 Å². The molecule has 0 aliphatic heterocycles. The maximum atomic E-state index is 13.9. The molecule has 3 aromatic carbocycles. The van der Waals surface area contributed by atoms with E-state index < -0.39 is 0 Å². The van der Waals surface area contributed by atoms with Crippen molar-refractivity contribution < 1.29 is 9.84 Å². The summed E-state index contributed by atoms with van der Waals surface area (Å²) in [5, 5.41) is 18.5. The van der Waals surface area contributed by atoms with E-state index in [1.165, 1.54) is 0 Å². The molecule has 0 aliphatic carbocycles. The van der Waals surface area contributed by atoms with Crippen LogP contribution in [0, 0.1) is 18.3 Å². The van der Waals surface area contributed by atoms with E-state index in [-0.39, 0.29) is 18.8 Å². The molecule has 4 rings (SSSR count). The van der Waals surface area contributed by atoms with E-state index in [0.29, 0.717) is 34.8 Å². The lowest BCUT2D eigenvalue weighted by Crippen LogP contribution is -2.28. The summed E-state index contributed by atoms with van der Waals surface area (Å²) < 4.78 is 7.19. The first-order chi connectivity index (χ1) is 18.0. The fourth-order valence-corrected chi connectivity index (χ4v) is 4.47. The number of hydrogen-bond acceptors (Lipinski definition) is 5. The SMILES string of the molecule is CCCCc1nc(C)n(-c2cccc(OCCO)c2)c(=O)c1Cc1ccc(-c2ccccc2C#N)cc1. The van der Waals surface area contributed by atoms with Crippen molar-refractivity contribution in [2.24, 2.45) is 0 Å². The van der Waals surface area contributed by atoms with Gasteiger partial charge in [0, 0.05) is 18.1 Å². The Kier molecular flexibility index (Phi) is 8.50. The van der Waals surface area contributed by atoms with E-state index in [0.717, 1.165) is 41.6 Å². The van der Waals surface area contributed by atoms with Crippen LogP contribution in [0.2, 0.25) is 0 Å². The van der Waals surface area contributed by atoms with E-state index in [1.54, 1.807) is 16.7 Å². The minimum absolute atomic E-state index is 0.0814. The number of aliphatic hydroxyl groups is 1. The van der Waals surface area contributed by atoms with Crippen LogP contribution >= 0.6 is 0 Å². The van der Waals surface area contributed by atoms with E-state index in [9.17, 15) is 10.1 Å². The van der Waals surface area contributed by atoms with Gasteiger partial charge in [0.25, 0.3) is 5.56 Å². The zero-order valence-electron chi connectivity index (χ0n) is 21.3. The highest BCUT2D eigenvalue weighted by molar-refractivity contribution is 5.70. The Morgan fingerprint density at radius 1 is 1.05 bits per heavy atom. The molecule has 0 unspecified atom stereocenters. The van der Waals surface area contributed by atoms with E-state index in [1.807, 2.05) is 67.6 Å². The molecule has 0 amide bonds. The molecule has 188 valence electrons. The van der Waals surface area contributed by atoms with Crippen LogP contribution in [0.15, 0.2) is 77.6 Å². The van der Waals surface area contributed by atoms with Crippen molar-refractivity contribution in [2.45, 2.75) is 39.5 Å². The van der Waals surface area contributed by atoms with E-state index in [2.05, 4.69) is 13.0 Å². The van der Waals surface area contributed by atoms with Gasteiger partial charge in [-0.25, -0.2) is 4.98 Å². The number of hydrogen-bond donors (Lipinski definition) is 1. The second-order valence-electron chi connectivity index (χ2n) is 8.93. The molecule has 0 atom stereocenters. The highest BCUT2D eigenvalue weighted by atomic mass is 16.5. The molecule has 1 aromatic heterocycles. The third-order valence-corrected chi connectivity index (χ3v) is 6.33. The Labute approximate surface area is 217 Å². The molecule has 0 radical (unpaired) electrons. The topological polar surface area (TPSA) is 88.1 Å². The average Bonchev–Trinajstić information content (AvgIpc) is 2.93. The van der Waals surface area contributed by atoms with Crippen molar-refractivity contribution in [3.05, 3.63) is 111 Å². The summed E-state index contributed by atoms with van der Waals surface area (Å²) in [5.41, 5.74) is 5.61. The molecule has 4 aromatic rings. The molecule has 0 saturated heterocycles. The number of rotatable bonds is 10. The third-order valence-electron chi connectivity index (χ3n) is 6.33. The number of aryl methyl sites for hydroxylation is 2. The van der Waals surface area contributed by atoms with Gasteiger partial charge in [-0.1, -0.05) is 61.9 Å². The van der Waals surface area contributed by atoms with Gasteiger partial charge < -0.3 is 9.84 Å². The van der Waals surface area contributed by atoms with Crippen LogP contribution in [0.5, 0.6) is 5.75 Å². The molecule has 1 N–H and O–H groups in total. The highest BCUT2D eigenvalue weighted by Gasteiger charge is 2.17. The number of aliphatic hydroxyl groups excluding tert-OH is 1. The molecule has 0 bridgehead atoms. The smallest absolute Gasteiger partial charge is 0.261 e. The summed E-state index contributed by atoms with van der Waals surface area (Å²) >= 11 is 0. The van der Waals surface area contributed by atoms with Crippen LogP contribution in [0.25, 0.3) is 16.8 Å². The molecular weight excluding hydrogens is 462 g/mol. The van der Waals surface area contributed by atoms with Gasteiger partial charge >= 0.3 is 0 Å². The molecule has 0 aliphatic rings. The second kappa shape index (κ2) is 12.2. The van der Waals surface area contributed by atoms with E-state index in [4.69, 9.17) is 14.8 Å². The number of aromatic nitrogens is 2. The van der Waals surface area contributed by atoms with Gasteiger partial charge in [0.2, 0.25) is 0 Å². The fraction of sp³-hybridized carbons (Fsp3) is 0.258. The number of nitrogens with zero attached hydrogens (tertiary/aromatic N) is 3. The van der Waals surface area contributed by atoms with Crippen molar-refractivity contribution in [3.63, 3.8) is 0 Å². The standard InChI is InChI=1S/C31H31N3O3/c1-3-4-12-30-29(19-23-13-15-24(16-14-23)28-11-6-5-8-25(28)21-32)31(36)34(22(2)33-30)26-9-7-10-27(20-26)37-18-17-35/h5-11,13-16,20,35H,3-4,12,17-19H2,1-2H3. The van der Waals surface area contributed by atoms with Gasteiger partial charge in [-0.05, 0) is 54.7 Å². The van der Waals surface area contributed by atoms with Crippen molar-refractivity contribution in [3.8, 4) is 28.6 Å². The summed E-state index contributed by atoms with van der Waals surface area (Å²) in [7, 11) is 0. The van der Waals surface area contributed by atoms with Crippen molar-refractivity contribution in [2.75, 3.05) is 13.2 Å². The zero-order valence-corrected chi connectivity index (χ0v) is 21.3. The van der Waals surface area contributed by atoms with Crippen molar-refractivity contribution in [1.29, 1.82) is 5.26 Å². The molecule has 0 spiro atoms. The lowest BCUT2D eigenvalue weighted by Gasteiger charge is -2.16. The first kappa shape index (κ1) is 25.9. The van der Waals surface area contributed by atoms with Crippen molar-refractivity contribution in [1.82, 2.24) is 9.55 Å². The van der Waals surface area contributed by atoms with Gasteiger partial charge in [0.05, 0.1) is 29.6 Å². The summed E-state index contributed by atoms with van der Waals surface area (Å²) in [6.07, 6.45) is 3.18. The number of ether oxygens (including phenoxy) is 1. The Balaban J connectivity index is 1.73. The molecule has 1 heterocycles. The number of unbranched alkanes of at least 4 members (excludes halogenated alkanes) is 1. The maximum absolute atomic E-state index is 13.9. The molecule has 37 heavy (non-hydrogen) atoms. The quantitative estimate of drug-likeness (QED) is 0.320. The van der Waals surface area contributed by atoms with Gasteiger partial charge in [0.15, 0.2) is 0 Å². The molecule has 6 heteroatoms. The zero-order chi connectivity index (χ0) is 26.2. The van der Waals surface area contributed by atoms with E-state index >= 15 is 0 Å². The first-order valence-corrected chi connectivity index (χ1v) is 12.6. The average molecular weight is 494 g/mol. The van der Waals surface area contributed by atoms with Crippen LogP contribution in [0.3, 0.4) is 0 Å². The number of nitriles is 1. The summed E-state index contributed by atoms with van der Waals surface area (Å²) in [6.45, 7) is 4.08. The maximum Gasteiger partial charge on any atom is 0.261 e. The van der Waals surface area contributed by atoms with Gasteiger partial charge in [-0.2, -0.15) is 5.26 Å². The van der Waals surface area contributed by atoms with Crippen LogP contribution < -0.4 is 10.3 Å². The summed E-state index contributed by atoms with van der Waals surface area (Å²) in [4.78, 5) is 18.8. The lowest BCUT2D eigenvalue weighted by molar-refractivity contribution is 0.201. The van der Waals surface area contributed by atoms with Crippen LogP contribution in [-0.4, -0.2) is 27.9 Å². The second-order valence-corrected chi connectivity index (χ2v) is 8.93. The minimum Gasteiger partial charge on any atom is -0.491 e. The largest absolute Gasteiger partial charge is 0.491 e. The summed E-state index contributed by atoms with van der Waals surface area (Å²) in [6, 6.07) is 25.1. The highest BCUT2D eigenvalue weighted by Crippen LogP contribution is 2.25. The van der Waals surface area contributed by atoms with Crippen LogP contribution in [-0.2, 0) is 12.8 Å². The molecule has 6 nitrogen and oxygen atoms in total. The van der Waals surface area contributed by atoms with Crippen LogP contribution in [0.4, 0.5) is 0 Å². The Morgan fingerprint density at radius 3 is 2.57 bits per heavy atom. The van der Waals surface area contributed by atoms with Crippen molar-refractivity contribution >= 4 is 0 Å².